The highest BCUT2D eigenvalue weighted by molar-refractivity contribution is 5.68. The third-order valence-corrected chi connectivity index (χ3v) is 12.6. The van der Waals surface area contributed by atoms with Crippen LogP contribution < -0.4 is 0 Å². The number of azide groups is 1. The Morgan fingerprint density at radius 2 is 0.882 bits per heavy atom. The highest BCUT2D eigenvalue weighted by Crippen LogP contribution is 2.39. The molecule has 408 valence electrons. The topological polar surface area (TPSA) is 288 Å². The van der Waals surface area contributed by atoms with Crippen LogP contribution in [0.3, 0.4) is 0 Å². The number of benzene rings is 4. The molecular formula is C54H63N3O19. The summed E-state index contributed by atoms with van der Waals surface area (Å²) in [5, 5.41) is 39.7. The van der Waals surface area contributed by atoms with Gasteiger partial charge in [-0.2, -0.15) is 0 Å². The number of ether oxygens (including phenoxy) is 12. The molecule has 1 aliphatic carbocycles. The van der Waals surface area contributed by atoms with Gasteiger partial charge in [-0.15, -0.1) is 0 Å². The average Bonchev–Trinajstić information content (AvgIpc) is 3.43. The molecule has 0 spiro atoms. The number of nitrogens with zero attached hydrogens (tertiary/aromatic N) is 3. The molecule has 0 unspecified atom stereocenters. The van der Waals surface area contributed by atoms with Crippen LogP contribution >= 0.6 is 0 Å². The van der Waals surface area contributed by atoms with E-state index in [0.717, 1.165) is 44.4 Å². The van der Waals surface area contributed by atoms with E-state index in [0.29, 0.717) is 5.56 Å². The van der Waals surface area contributed by atoms with Crippen molar-refractivity contribution in [3.8, 4) is 0 Å². The maximum Gasteiger partial charge on any atom is 0.303 e. The summed E-state index contributed by atoms with van der Waals surface area (Å²) in [5.74, 6) is -3.41. The Balaban J connectivity index is 1.28. The molecule has 3 N–H and O–H groups in total. The predicted octanol–water partition coefficient (Wildman–Crippen LogP) is 4.31. The molecule has 4 aromatic rings. The Bertz CT molecular complexity index is 2510. The smallest absolute Gasteiger partial charge is 0.303 e. The van der Waals surface area contributed by atoms with Gasteiger partial charge < -0.3 is 72.2 Å². The van der Waals surface area contributed by atoms with E-state index in [9.17, 15) is 40.0 Å². The molecule has 2 aliphatic heterocycles. The molecule has 76 heavy (non-hydrogen) atoms. The van der Waals surface area contributed by atoms with Gasteiger partial charge in [0.05, 0.1) is 33.0 Å². The van der Waals surface area contributed by atoms with E-state index in [1.165, 1.54) is 0 Å². The van der Waals surface area contributed by atoms with Crippen molar-refractivity contribution in [1.82, 2.24) is 0 Å². The number of esters is 4. The second-order valence-corrected chi connectivity index (χ2v) is 18.2. The third kappa shape index (κ3) is 15.4. The van der Waals surface area contributed by atoms with Crippen LogP contribution in [0.25, 0.3) is 10.4 Å². The molecule has 0 bridgehead atoms. The van der Waals surface area contributed by atoms with Crippen molar-refractivity contribution in [3.63, 3.8) is 0 Å². The Morgan fingerprint density at radius 1 is 0.487 bits per heavy atom. The molecule has 2 heterocycles. The summed E-state index contributed by atoms with van der Waals surface area (Å²) >= 11 is 0. The van der Waals surface area contributed by atoms with Crippen LogP contribution in [0.4, 0.5) is 0 Å². The second-order valence-electron chi connectivity index (χ2n) is 18.2. The summed E-state index contributed by atoms with van der Waals surface area (Å²) in [6.07, 6.45) is -23.1. The van der Waals surface area contributed by atoms with Crippen molar-refractivity contribution < 1.29 is 91.3 Å². The fourth-order valence-corrected chi connectivity index (χ4v) is 9.25. The van der Waals surface area contributed by atoms with Crippen LogP contribution in [-0.4, -0.2) is 150 Å². The molecule has 0 amide bonds. The Hall–Kier alpha value is -6.37. The van der Waals surface area contributed by atoms with Crippen molar-refractivity contribution in [2.45, 2.75) is 152 Å². The van der Waals surface area contributed by atoms with Gasteiger partial charge in [0, 0.05) is 32.6 Å². The van der Waals surface area contributed by atoms with Crippen LogP contribution in [0, 0.1) is 0 Å². The molecule has 0 radical (unpaired) electrons. The maximum absolute atomic E-state index is 12.8. The van der Waals surface area contributed by atoms with Crippen molar-refractivity contribution in [2.24, 2.45) is 5.11 Å². The predicted molar refractivity (Wildman–Crippen MR) is 262 cm³/mol. The minimum Gasteiger partial charge on any atom is -0.463 e. The van der Waals surface area contributed by atoms with Crippen molar-refractivity contribution >= 4 is 23.9 Å². The van der Waals surface area contributed by atoms with E-state index >= 15 is 0 Å². The molecule has 4 aromatic carbocycles. The van der Waals surface area contributed by atoms with Gasteiger partial charge in [-0.1, -0.05) is 126 Å². The number of carbonyl (C=O) groups is 4. The monoisotopic (exact) mass is 1060 g/mol. The molecule has 7 rings (SSSR count). The van der Waals surface area contributed by atoms with Crippen molar-refractivity contribution in [3.05, 3.63) is 154 Å². The first-order chi connectivity index (χ1) is 36.7. The fraction of sp³-hybridized carbons (Fsp3) is 0.481. The lowest BCUT2D eigenvalue weighted by Crippen LogP contribution is -2.69. The molecule has 3 aliphatic rings. The van der Waals surface area contributed by atoms with Crippen molar-refractivity contribution in [2.75, 3.05) is 13.2 Å². The molecule has 22 nitrogen and oxygen atoms in total. The number of aliphatic hydroxyl groups excluding tert-OH is 3. The lowest BCUT2D eigenvalue weighted by Gasteiger charge is -2.51. The molecule has 3 fully saturated rings. The summed E-state index contributed by atoms with van der Waals surface area (Å²) in [5.41, 5.74) is 13.2. The highest BCUT2D eigenvalue weighted by atomic mass is 16.8. The zero-order valence-electron chi connectivity index (χ0n) is 42.2. The normalized spacial score (nSPS) is 30.2. The minimum atomic E-state index is -1.81. The van der Waals surface area contributed by atoms with E-state index in [1.54, 1.807) is 30.3 Å². The van der Waals surface area contributed by atoms with E-state index in [2.05, 4.69) is 10.0 Å². The molecule has 2 saturated heterocycles. The summed E-state index contributed by atoms with van der Waals surface area (Å²) < 4.78 is 74.4. The van der Waals surface area contributed by atoms with Gasteiger partial charge in [-0.05, 0) is 27.8 Å². The van der Waals surface area contributed by atoms with E-state index in [4.69, 9.17) is 56.8 Å². The Labute approximate surface area is 438 Å². The third-order valence-electron chi connectivity index (χ3n) is 12.6. The lowest BCUT2D eigenvalue weighted by atomic mass is 9.83. The highest BCUT2D eigenvalue weighted by Gasteiger charge is 2.59. The van der Waals surface area contributed by atoms with E-state index in [1.807, 2.05) is 91.0 Å². The quantitative estimate of drug-likeness (QED) is 0.0307. The van der Waals surface area contributed by atoms with Gasteiger partial charge >= 0.3 is 23.9 Å². The van der Waals surface area contributed by atoms with Crippen LogP contribution in [0.2, 0.25) is 0 Å². The number of hydrogen-bond acceptors (Lipinski definition) is 20. The SMILES string of the molecule is CC(=O)OC[C@H]1O[C@@H](O[C@H]2[C@H](OCc3ccccc3)[C@@H](N=[N+]=[N-])[C@@H](O[C@H]3[C@H](O)[C@H](O)[C@H](OCc4ccccc4)[C@@H](OCc4ccccc4)[C@@H]3OCc3ccccc3)O[C@@H]2CO)[C@H](OC(C)=O)[C@@H](OC(C)=O)[C@H]1OC(C)=O. The van der Waals surface area contributed by atoms with Gasteiger partial charge in [0.25, 0.3) is 0 Å². The van der Waals surface area contributed by atoms with Gasteiger partial charge in [-0.3, -0.25) is 19.2 Å². The lowest BCUT2D eigenvalue weighted by molar-refractivity contribution is -0.363. The zero-order chi connectivity index (χ0) is 54.1. The van der Waals surface area contributed by atoms with Gasteiger partial charge in [0.1, 0.15) is 73.7 Å². The van der Waals surface area contributed by atoms with Crippen LogP contribution in [-0.2, 0) is 102 Å². The van der Waals surface area contributed by atoms with Crippen molar-refractivity contribution in [1.29, 1.82) is 0 Å². The summed E-state index contributed by atoms with van der Waals surface area (Å²) in [6, 6.07) is 34.9. The number of carbonyl (C=O) groups excluding carboxylic acids is 4. The summed E-state index contributed by atoms with van der Waals surface area (Å²) in [7, 11) is 0. The average molecular weight is 1060 g/mol. The maximum atomic E-state index is 12.8. The largest absolute Gasteiger partial charge is 0.463 e. The van der Waals surface area contributed by atoms with Crippen LogP contribution in [0.1, 0.15) is 49.9 Å². The second kappa shape index (κ2) is 28.1. The molecular weight excluding hydrogens is 995 g/mol. The minimum absolute atomic E-state index is 0.0129. The standard InChI is InChI=1S/C54H63N3O19/c1-31(59)65-30-40-45(70-32(2)60)51(71-33(3)61)52(72-34(4)62)54(74-40)75-44-39(25-58)73-53(41(56-57-55)46(44)66-26-35-17-9-5-10-18-35)76-48-43(64)42(63)47(67-27-36-19-11-6-12-20-36)49(68-28-37-21-13-7-14-22-37)50(48)69-29-38-23-15-8-16-24-38/h5-24,39-54,58,63-64H,25-30H2,1-4H3/t39-,40-,41-,42+,43-,44-,45+,46-,47+,48+,49-,50-,51+,52-,53-,54+/m1/s1. The summed E-state index contributed by atoms with van der Waals surface area (Å²) in [4.78, 5) is 53.2. The Kier molecular flexibility index (Phi) is 21.2. The van der Waals surface area contributed by atoms with Gasteiger partial charge in [0.15, 0.2) is 30.9 Å². The molecule has 16 atom stereocenters. The van der Waals surface area contributed by atoms with E-state index in [-0.39, 0.29) is 26.4 Å². The fourth-order valence-electron chi connectivity index (χ4n) is 9.25. The van der Waals surface area contributed by atoms with E-state index < -0.39 is 135 Å². The molecule has 0 aromatic heterocycles. The summed E-state index contributed by atoms with van der Waals surface area (Å²) in [6.45, 7) is 2.70. The number of aliphatic hydroxyl groups is 3. The number of rotatable bonds is 23. The first kappa shape index (κ1) is 57.3. The zero-order valence-corrected chi connectivity index (χ0v) is 42.2. The first-order valence-electron chi connectivity index (χ1n) is 24.6. The Morgan fingerprint density at radius 3 is 1.33 bits per heavy atom. The van der Waals surface area contributed by atoms with Gasteiger partial charge in [-0.25, -0.2) is 0 Å². The van der Waals surface area contributed by atoms with Gasteiger partial charge in [0.2, 0.25) is 0 Å². The van der Waals surface area contributed by atoms with Crippen LogP contribution in [0.15, 0.2) is 126 Å². The first-order valence-corrected chi connectivity index (χ1v) is 24.6. The molecule has 22 heteroatoms. The molecule has 1 saturated carbocycles. The van der Waals surface area contributed by atoms with Crippen LogP contribution in [0.5, 0.6) is 0 Å². The number of hydrogen-bond donors (Lipinski definition) is 3.